The van der Waals surface area contributed by atoms with Gasteiger partial charge in [0.1, 0.15) is 0 Å². The number of hydrogen-bond donors (Lipinski definition) is 0. The smallest absolute Gasteiger partial charge is 0.288 e. The third-order valence-corrected chi connectivity index (χ3v) is 2.75. The lowest BCUT2D eigenvalue weighted by atomic mass is 9.86. The molecule has 0 N–H and O–H groups in total. The molecule has 3 fully saturated rings. The Hall–Kier alpha value is -0.120. The molecule has 0 amide bonds. The van der Waals surface area contributed by atoms with Gasteiger partial charge in [-0.1, -0.05) is 27.7 Å². The van der Waals surface area contributed by atoms with Crippen LogP contribution in [0.1, 0.15) is 27.7 Å². The van der Waals surface area contributed by atoms with E-state index in [4.69, 9.17) is 14.2 Å². The maximum atomic E-state index is 5.69. The van der Waals surface area contributed by atoms with Crippen molar-refractivity contribution in [2.24, 2.45) is 10.8 Å². The average Bonchev–Trinajstić information content (AvgIpc) is 2.04. The maximum absolute atomic E-state index is 5.69. The zero-order valence-corrected chi connectivity index (χ0v) is 8.85. The van der Waals surface area contributed by atoms with E-state index in [0.29, 0.717) is 0 Å². The van der Waals surface area contributed by atoms with Crippen LogP contribution in [0, 0.1) is 10.8 Å². The monoisotopic (exact) mass is 186 g/mol. The zero-order chi connectivity index (χ0) is 9.74. The summed E-state index contributed by atoms with van der Waals surface area (Å²) in [4.78, 5) is 0. The molecular weight excluding hydrogens is 168 g/mol. The summed E-state index contributed by atoms with van der Waals surface area (Å²) in [5.74, 6) is -0.801. The molecule has 0 saturated carbocycles. The second kappa shape index (κ2) is 2.47. The quantitative estimate of drug-likeness (QED) is 0.577. The van der Waals surface area contributed by atoms with Crippen LogP contribution in [-0.4, -0.2) is 25.8 Å². The molecule has 3 heteroatoms. The molecular formula is C10H18O3. The fourth-order valence-corrected chi connectivity index (χ4v) is 1.71. The van der Waals surface area contributed by atoms with Crippen molar-refractivity contribution in [2.75, 3.05) is 19.8 Å². The van der Waals surface area contributed by atoms with Gasteiger partial charge in [-0.05, 0) is 0 Å². The Morgan fingerprint density at radius 3 is 1.62 bits per heavy atom. The zero-order valence-electron chi connectivity index (χ0n) is 8.85. The van der Waals surface area contributed by atoms with Gasteiger partial charge in [-0.3, -0.25) is 0 Å². The first-order valence-electron chi connectivity index (χ1n) is 4.79. The predicted molar refractivity (Wildman–Crippen MR) is 48.1 cm³/mol. The van der Waals surface area contributed by atoms with Crippen molar-refractivity contribution in [1.82, 2.24) is 0 Å². The van der Waals surface area contributed by atoms with Gasteiger partial charge >= 0.3 is 0 Å². The van der Waals surface area contributed by atoms with E-state index in [9.17, 15) is 0 Å². The molecule has 3 aliphatic heterocycles. The van der Waals surface area contributed by atoms with Crippen LogP contribution >= 0.6 is 0 Å². The van der Waals surface area contributed by atoms with Crippen LogP contribution in [0.2, 0.25) is 0 Å². The van der Waals surface area contributed by atoms with Gasteiger partial charge in [0.05, 0.1) is 19.8 Å². The van der Waals surface area contributed by atoms with Gasteiger partial charge in [-0.15, -0.1) is 0 Å². The van der Waals surface area contributed by atoms with Gasteiger partial charge in [0.2, 0.25) is 0 Å². The summed E-state index contributed by atoms with van der Waals surface area (Å²) in [7, 11) is 0. The Morgan fingerprint density at radius 1 is 0.923 bits per heavy atom. The summed E-state index contributed by atoms with van der Waals surface area (Å²) in [6.07, 6.45) is 0. The van der Waals surface area contributed by atoms with Crippen LogP contribution in [0.4, 0.5) is 0 Å². The molecule has 0 aliphatic carbocycles. The van der Waals surface area contributed by atoms with Gasteiger partial charge in [0.25, 0.3) is 5.97 Å². The van der Waals surface area contributed by atoms with Crippen molar-refractivity contribution in [2.45, 2.75) is 33.7 Å². The van der Waals surface area contributed by atoms with Crippen LogP contribution in [0.15, 0.2) is 0 Å². The van der Waals surface area contributed by atoms with Gasteiger partial charge < -0.3 is 14.2 Å². The molecule has 0 aromatic carbocycles. The van der Waals surface area contributed by atoms with E-state index in [1.54, 1.807) is 0 Å². The topological polar surface area (TPSA) is 27.7 Å². The Labute approximate surface area is 79.4 Å². The molecule has 3 aliphatic rings. The van der Waals surface area contributed by atoms with Crippen LogP contribution in [0.3, 0.4) is 0 Å². The highest BCUT2D eigenvalue weighted by Crippen LogP contribution is 2.46. The minimum Gasteiger partial charge on any atom is -0.326 e. The number of rotatable bonds is 0. The van der Waals surface area contributed by atoms with E-state index < -0.39 is 5.97 Å². The molecule has 13 heavy (non-hydrogen) atoms. The van der Waals surface area contributed by atoms with Crippen molar-refractivity contribution in [3.63, 3.8) is 0 Å². The summed E-state index contributed by atoms with van der Waals surface area (Å²) in [6, 6.07) is 0. The molecule has 3 saturated heterocycles. The lowest BCUT2D eigenvalue weighted by molar-refractivity contribution is -0.497. The Kier molecular flexibility index (Phi) is 1.79. The van der Waals surface area contributed by atoms with E-state index >= 15 is 0 Å². The fraction of sp³-hybridized carbons (Fsp3) is 1.00. The third kappa shape index (κ3) is 1.30. The number of hydrogen-bond acceptors (Lipinski definition) is 3. The summed E-state index contributed by atoms with van der Waals surface area (Å²) >= 11 is 0. The van der Waals surface area contributed by atoms with E-state index in [-0.39, 0.29) is 10.8 Å². The maximum Gasteiger partial charge on any atom is 0.288 e. The van der Waals surface area contributed by atoms with Gasteiger partial charge in [0, 0.05) is 10.8 Å². The Balaban J connectivity index is 2.20. The lowest BCUT2D eigenvalue weighted by Gasteiger charge is -2.55. The summed E-state index contributed by atoms with van der Waals surface area (Å²) < 4.78 is 17.1. The molecule has 3 rings (SSSR count). The van der Waals surface area contributed by atoms with E-state index in [2.05, 4.69) is 27.7 Å². The highest BCUT2D eigenvalue weighted by atomic mass is 16.9. The average molecular weight is 186 g/mol. The predicted octanol–water partition coefficient (Wildman–Crippen LogP) is 1.77. The second-order valence-corrected chi connectivity index (χ2v) is 5.48. The van der Waals surface area contributed by atoms with Gasteiger partial charge in [0.15, 0.2) is 0 Å². The minimum absolute atomic E-state index is 0.0625. The highest BCUT2D eigenvalue weighted by Gasteiger charge is 2.56. The first kappa shape index (κ1) is 9.44. The third-order valence-electron chi connectivity index (χ3n) is 2.75. The molecule has 0 radical (unpaired) electrons. The molecule has 0 aromatic rings. The van der Waals surface area contributed by atoms with E-state index in [1.807, 2.05) is 0 Å². The number of ether oxygens (including phenoxy) is 3. The second-order valence-electron chi connectivity index (χ2n) is 5.48. The first-order valence-corrected chi connectivity index (χ1v) is 4.79. The summed E-state index contributed by atoms with van der Waals surface area (Å²) in [5.41, 5.74) is -0.0677. The SMILES string of the molecule is CC12COC(C(C)(C)C)(OC1)OC2. The molecule has 3 heterocycles. The van der Waals surface area contributed by atoms with Crippen molar-refractivity contribution >= 4 is 0 Å². The summed E-state index contributed by atoms with van der Waals surface area (Å²) in [6.45, 7) is 10.6. The Bertz CT molecular complexity index is 192. The van der Waals surface area contributed by atoms with Crippen LogP contribution < -0.4 is 0 Å². The molecule has 2 bridgehead atoms. The minimum atomic E-state index is -0.801. The normalized spacial score (nSPS) is 45.2. The first-order chi connectivity index (χ1) is 5.87. The van der Waals surface area contributed by atoms with Crippen LogP contribution in [0.5, 0.6) is 0 Å². The van der Waals surface area contributed by atoms with Crippen LogP contribution in [-0.2, 0) is 14.2 Å². The molecule has 0 aromatic heterocycles. The Morgan fingerprint density at radius 2 is 1.31 bits per heavy atom. The highest BCUT2D eigenvalue weighted by molar-refractivity contribution is 4.89. The largest absolute Gasteiger partial charge is 0.326 e. The van der Waals surface area contributed by atoms with Crippen molar-refractivity contribution in [3.8, 4) is 0 Å². The molecule has 76 valence electrons. The van der Waals surface area contributed by atoms with Gasteiger partial charge in [-0.25, -0.2) is 0 Å². The van der Waals surface area contributed by atoms with Gasteiger partial charge in [-0.2, -0.15) is 0 Å². The summed E-state index contributed by atoms with van der Waals surface area (Å²) in [5, 5.41) is 0. The van der Waals surface area contributed by atoms with Crippen molar-refractivity contribution in [1.29, 1.82) is 0 Å². The van der Waals surface area contributed by atoms with E-state index in [0.717, 1.165) is 19.8 Å². The van der Waals surface area contributed by atoms with Crippen LogP contribution in [0.25, 0.3) is 0 Å². The molecule has 0 unspecified atom stereocenters. The lowest BCUT2D eigenvalue weighted by Crippen LogP contribution is -2.64. The van der Waals surface area contributed by atoms with E-state index in [1.165, 1.54) is 0 Å². The molecule has 3 nitrogen and oxygen atoms in total. The fourth-order valence-electron chi connectivity index (χ4n) is 1.71. The van der Waals surface area contributed by atoms with Crippen molar-refractivity contribution < 1.29 is 14.2 Å². The standard InChI is InChI=1S/C10H18O3/c1-8(2,3)10-11-5-9(4,6-12-10)7-13-10/h5-7H2,1-4H3. The number of fused-ring (bicyclic) bond motifs is 3. The van der Waals surface area contributed by atoms with Crippen molar-refractivity contribution in [3.05, 3.63) is 0 Å². The molecule has 0 atom stereocenters. The molecule has 0 spiro atoms.